The second-order valence-electron chi connectivity index (χ2n) is 7.48. The van der Waals surface area contributed by atoms with Gasteiger partial charge in [0.1, 0.15) is 5.54 Å². The highest BCUT2D eigenvalue weighted by Gasteiger charge is 2.47. The second-order valence-corrected chi connectivity index (χ2v) is 7.48. The van der Waals surface area contributed by atoms with Crippen molar-refractivity contribution in [2.75, 3.05) is 14.2 Å². The number of likely N-dealkylation sites (N-methyl/N-ethyl adjacent to an activating group) is 1. The number of carbonyl (C=O) groups is 1. The van der Waals surface area contributed by atoms with E-state index in [4.69, 9.17) is 4.84 Å². The van der Waals surface area contributed by atoms with E-state index in [1.165, 1.54) is 28.7 Å². The number of fused-ring (bicyclic) bond motifs is 3. The maximum absolute atomic E-state index is 13.5. The summed E-state index contributed by atoms with van der Waals surface area (Å²) in [5.74, 6) is 0.310. The van der Waals surface area contributed by atoms with Crippen LogP contribution < -0.4 is 0 Å². The van der Waals surface area contributed by atoms with Gasteiger partial charge in [0.2, 0.25) is 0 Å². The van der Waals surface area contributed by atoms with E-state index in [1.54, 1.807) is 14.2 Å². The highest BCUT2D eigenvalue weighted by atomic mass is 16.7. The average Bonchev–Trinajstić information content (AvgIpc) is 3.33. The molecule has 1 aromatic heterocycles. The van der Waals surface area contributed by atoms with Crippen LogP contribution in [0.4, 0.5) is 0 Å². The summed E-state index contributed by atoms with van der Waals surface area (Å²) in [5, 5.41) is 3.78. The molecule has 1 aliphatic rings. The molecule has 0 bridgehead atoms. The number of rotatable bonds is 4. The predicted octanol–water partition coefficient (Wildman–Crippen LogP) is 4.72. The normalized spacial score (nSPS) is 17.7. The molecule has 4 heteroatoms. The number of hydrogen-bond acceptors (Lipinski definition) is 2. The topological polar surface area (TPSA) is 34.5 Å². The smallest absolute Gasteiger partial charge is 0.272 e. The Morgan fingerprint density at radius 3 is 2.04 bits per heavy atom. The van der Waals surface area contributed by atoms with Gasteiger partial charge in [-0.3, -0.25) is 9.63 Å². The molecule has 0 aliphatic heterocycles. The Morgan fingerprint density at radius 2 is 1.54 bits per heavy atom. The summed E-state index contributed by atoms with van der Waals surface area (Å²) in [6.45, 7) is 2.10. The molecule has 0 saturated heterocycles. The Hall–Kier alpha value is -2.33. The van der Waals surface area contributed by atoms with Crippen LogP contribution in [0.25, 0.3) is 21.8 Å². The summed E-state index contributed by atoms with van der Waals surface area (Å²) in [7, 11) is 3.27. The molecule has 0 N–H and O–H groups in total. The fourth-order valence-electron chi connectivity index (χ4n) is 4.77. The van der Waals surface area contributed by atoms with Gasteiger partial charge in [0.15, 0.2) is 0 Å². The molecule has 3 aromatic rings. The molecular weight excluding hydrogens is 324 g/mol. The highest BCUT2D eigenvalue weighted by molar-refractivity contribution is 6.09. The number of benzene rings is 2. The molecule has 1 saturated carbocycles. The quantitative estimate of drug-likeness (QED) is 0.638. The van der Waals surface area contributed by atoms with E-state index in [0.29, 0.717) is 5.92 Å². The summed E-state index contributed by atoms with van der Waals surface area (Å²) < 4.78 is 2.27. The number of aromatic nitrogens is 1. The van der Waals surface area contributed by atoms with E-state index in [9.17, 15) is 4.79 Å². The van der Waals surface area contributed by atoms with Crippen LogP contribution >= 0.6 is 0 Å². The molecule has 1 atom stereocenters. The Bertz CT molecular complexity index is 902. The van der Waals surface area contributed by atoms with Crippen molar-refractivity contribution in [1.82, 2.24) is 9.63 Å². The maximum atomic E-state index is 13.5. The zero-order valence-electron chi connectivity index (χ0n) is 15.7. The van der Waals surface area contributed by atoms with Gasteiger partial charge in [-0.2, -0.15) is 0 Å². The van der Waals surface area contributed by atoms with Gasteiger partial charge in [0.25, 0.3) is 5.91 Å². The first-order valence-corrected chi connectivity index (χ1v) is 9.40. The predicted molar refractivity (Wildman–Crippen MR) is 105 cm³/mol. The zero-order valence-corrected chi connectivity index (χ0v) is 15.7. The molecule has 136 valence electrons. The first-order valence-electron chi connectivity index (χ1n) is 9.40. The summed E-state index contributed by atoms with van der Waals surface area (Å²) in [4.78, 5) is 18.9. The van der Waals surface area contributed by atoms with E-state index in [0.717, 1.165) is 23.9 Å². The second kappa shape index (κ2) is 6.44. The lowest BCUT2D eigenvalue weighted by molar-refractivity contribution is -0.180. The molecule has 1 heterocycles. The van der Waals surface area contributed by atoms with Crippen LogP contribution in [0.3, 0.4) is 0 Å². The van der Waals surface area contributed by atoms with Crippen molar-refractivity contribution in [1.29, 1.82) is 0 Å². The number of hydroxylamine groups is 2. The summed E-state index contributed by atoms with van der Waals surface area (Å²) in [5.41, 5.74) is 1.55. The van der Waals surface area contributed by atoms with Crippen molar-refractivity contribution < 1.29 is 9.63 Å². The van der Waals surface area contributed by atoms with Gasteiger partial charge in [-0.1, -0.05) is 49.2 Å². The highest BCUT2D eigenvalue weighted by Crippen LogP contribution is 2.44. The minimum Gasteiger partial charge on any atom is -0.325 e. The fraction of sp³-hybridized carbons (Fsp3) is 0.409. The molecule has 26 heavy (non-hydrogen) atoms. The summed E-state index contributed by atoms with van der Waals surface area (Å²) in [6.07, 6.45) is 4.50. The largest absolute Gasteiger partial charge is 0.325 e. The van der Waals surface area contributed by atoms with Crippen LogP contribution in [0, 0.1) is 5.92 Å². The molecule has 4 rings (SSSR count). The molecular formula is C22H26N2O2. The third kappa shape index (κ3) is 2.36. The zero-order chi connectivity index (χ0) is 18.3. The van der Waals surface area contributed by atoms with Crippen molar-refractivity contribution in [3.8, 4) is 0 Å². The van der Waals surface area contributed by atoms with Gasteiger partial charge in [-0.05, 0) is 37.8 Å². The Labute approximate surface area is 154 Å². The summed E-state index contributed by atoms with van der Waals surface area (Å²) >= 11 is 0. The third-order valence-electron chi connectivity index (χ3n) is 6.19. The maximum Gasteiger partial charge on any atom is 0.272 e. The lowest BCUT2D eigenvalue weighted by atomic mass is 9.82. The van der Waals surface area contributed by atoms with Gasteiger partial charge in [-0.15, -0.1) is 0 Å². The van der Waals surface area contributed by atoms with Crippen LogP contribution in [-0.2, 0) is 15.2 Å². The van der Waals surface area contributed by atoms with E-state index in [1.807, 2.05) is 0 Å². The van der Waals surface area contributed by atoms with Crippen molar-refractivity contribution in [3.05, 3.63) is 48.5 Å². The Balaban J connectivity index is 2.06. The van der Waals surface area contributed by atoms with Gasteiger partial charge in [0.05, 0.1) is 18.1 Å². The molecule has 0 unspecified atom stereocenters. The van der Waals surface area contributed by atoms with Crippen LogP contribution in [0.15, 0.2) is 48.5 Å². The van der Waals surface area contributed by atoms with E-state index in [2.05, 4.69) is 60.0 Å². The van der Waals surface area contributed by atoms with Crippen molar-refractivity contribution >= 4 is 27.7 Å². The Morgan fingerprint density at radius 1 is 1.04 bits per heavy atom. The first kappa shape index (κ1) is 17.1. The molecule has 0 radical (unpaired) electrons. The van der Waals surface area contributed by atoms with Crippen molar-refractivity contribution in [2.24, 2.45) is 5.92 Å². The molecule has 0 spiro atoms. The molecule has 2 aromatic carbocycles. The summed E-state index contributed by atoms with van der Waals surface area (Å²) in [6, 6.07) is 16.8. The lowest BCUT2D eigenvalue weighted by Gasteiger charge is -2.39. The average molecular weight is 350 g/mol. The van der Waals surface area contributed by atoms with Gasteiger partial charge in [0, 0.05) is 17.8 Å². The van der Waals surface area contributed by atoms with Crippen LogP contribution in [0.1, 0.15) is 32.6 Å². The van der Waals surface area contributed by atoms with Crippen molar-refractivity contribution in [2.45, 2.75) is 38.1 Å². The van der Waals surface area contributed by atoms with Gasteiger partial charge >= 0.3 is 0 Å². The van der Waals surface area contributed by atoms with E-state index >= 15 is 0 Å². The molecule has 1 aliphatic carbocycles. The van der Waals surface area contributed by atoms with Crippen LogP contribution in [0.2, 0.25) is 0 Å². The molecule has 1 fully saturated rings. The minimum absolute atomic E-state index is 0.0124. The van der Waals surface area contributed by atoms with Crippen LogP contribution in [-0.4, -0.2) is 29.7 Å². The van der Waals surface area contributed by atoms with Gasteiger partial charge < -0.3 is 4.57 Å². The van der Waals surface area contributed by atoms with Crippen molar-refractivity contribution in [3.63, 3.8) is 0 Å². The fourth-order valence-corrected chi connectivity index (χ4v) is 4.77. The lowest BCUT2D eigenvalue weighted by Crippen LogP contribution is -2.51. The SMILES string of the molecule is CON(C)C(=O)[C@@](C)(C1CCCC1)n1c2ccccc2c2ccccc21. The number of carbonyl (C=O) groups excluding carboxylic acids is 1. The van der Waals surface area contributed by atoms with E-state index < -0.39 is 5.54 Å². The van der Waals surface area contributed by atoms with Crippen LogP contribution in [0.5, 0.6) is 0 Å². The third-order valence-corrected chi connectivity index (χ3v) is 6.19. The minimum atomic E-state index is -0.677. The first-order chi connectivity index (χ1) is 12.6. The Kier molecular flexibility index (Phi) is 4.23. The number of amides is 1. The van der Waals surface area contributed by atoms with Gasteiger partial charge in [-0.25, -0.2) is 5.06 Å². The number of hydrogen-bond donors (Lipinski definition) is 0. The number of nitrogens with zero attached hydrogens (tertiary/aromatic N) is 2. The molecule has 4 nitrogen and oxygen atoms in total. The standard InChI is InChI=1S/C22H26N2O2/c1-22(16-10-4-5-11-16,21(25)23(2)26-3)24-19-14-8-6-12-17(19)18-13-7-9-15-20(18)24/h6-9,12-16H,4-5,10-11H2,1-3H3/t22-/m1/s1. The van der Waals surface area contributed by atoms with E-state index in [-0.39, 0.29) is 5.91 Å². The monoisotopic (exact) mass is 350 g/mol. The number of para-hydroxylation sites is 2. The molecule has 1 amide bonds.